The number of nitrogens with zero attached hydrogens (tertiary/aromatic N) is 1. The van der Waals surface area contributed by atoms with E-state index in [4.69, 9.17) is 4.98 Å². The lowest BCUT2D eigenvalue weighted by molar-refractivity contribution is 1.37. The van der Waals surface area contributed by atoms with Gasteiger partial charge in [-0.25, -0.2) is 0 Å². The highest BCUT2D eigenvalue weighted by Crippen LogP contribution is 2.41. The number of rotatable bonds is 4. The quantitative estimate of drug-likeness (QED) is 0.240. The molecule has 2 heteroatoms. The van der Waals surface area contributed by atoms with Gasteiger partial charge in [0.25, 0.3) is 0 Å². The summed E-state index contributed by atoms with van der Waals surface area (Å²) in [4.78, 5) is 4.97. The maximum absolute atomic E-state index is 4.97. The highest BCUT2D eigenvalue weighted by molar-refractivity contribution is 7.80. The van der Waals surface area contributed by atoms with Crippen molar-refractivity contribution in [2.24, 2.45) is 0 Å². The van der Waals surface area contributed by atoms with Crippen molar-refractivity contribution in [3.8, 4) is 11.3 Å². The maximum Gasteiger partial charge on any atom is 0.0793 e. The third kappa shape index (κ3) is 4.48. The van der Waals surface area contributed by atoms with E-state index < -0.39 is 7.92 Å². The normalized spacial score (nSPS) is 10.8. The minimum atomic E-state index is -0.759. The molecule has 0 aliphatic heterocycles. The zero-order chi connectivity index (χ0) is 24.0. The fraction of sp³-hybridized carbons (Fsp3) is 0.0606. The first kappa shape index (κ1) is 23.0. The summed E-state index contributed by atoms with van der Waals surface area (Å²) in [5.74, 6) is 0. The molecule has 0 atom stereocenters. The van der Waals surface area contributed by atoms with Crippen molar-refractivity contribution in [2.45, 2.75) is 13.8 Å². The second kappa shape index (κ2) is 10.6. The molecule has 6 rings (SSSR count). The first-order valence-electron chi connectivity index (χ1n) is 12.2. The van der Waals surface area contributed by atoms with Crippen LogP contribution in [-0.4, -0.2) is 4.98 Å². The number of hydrogen-bond acceptors (Lipinski definition) is 1. The van der Waals surface area contributed by atoms with Gasteiger partial charge in [-0.1, -0.05) is 135 Å². The van der Waals surface area contributed by atoms with Crippen LogP contribution in [0.5, 0.6) is 0 Å². The molecular weight excluding hydrogens is 441 g/mol. The minimum Gasteiger partial charge on any atom is -0.256 e. The zero-order valence-electron chi connectivity index (χ0n) is 20.1. The summed E-state index contributed by atoms with van der Waals surface area (Å²) in [5, 5.41) is 8.91. The Bertz CT molecular complexity index is 1510. The zero-order valence-corrected chi connectivity index (χ0v) is 21.0. The summed E-state index contributed by atoms with van der Waals surface area (Å²) < 4.78 is 0. The van der Waals surface area contributed by atoms with Crippen LogP contribution in [0.3, 0.4) is 0 Å². The van der Waals surface area contributed by atoms with Gasteiger partial charge in [-0.05, 0) is 46.1 Å². The Balaban J connectivity index is 0.00000124. The van der Waals surface area contributed by atoms with E-state index >= 15 is 0 Å². The number of hydrogen-bond donors (Lipinski definition) is 0. The Morgan fingerprint density at radius 3 is 1.63 bits per heavy atom. The standard InChI is InChI=1S/C31H22NP.C2H6/c1-3-13-25(14-4-1)33(26-15-5-2-6-16-26)29-20-19-23-11-7-9-17-27(23)30(29)31-28-18-10-8-12-24(28)21-22-32-31;1-2/h1-22H;1-2H3. The summed E-state index contributed by atoms with van der Waals surface area (Å²) >= 11 is 0. The van der Waals surface area contributed by atoms with Crippen molar-refractivity contribution < 1.29 is 0 Å². The van der Waals surface area contributed by atoms with Gasteiger partial charge in [-0.3, -0.25) is 4.98 Å². The summed E-state index contributed by atoms with van der Waals surface area (Å²) in [6.07, 6.45) is 1.94. The molecule has 0 spiro atoms. The van der Waals surface area contributed by atoms with Crippen LogP contribution in [-0.2, 0) is 0 Å². The molecule has 35 heavy (non-hydrogen) atoms. The van der Waals surface area contributed by atoms with Crippen LogP contribution >= 0.6 is 7.92 Å². The fourth-order valence-corrected chi connectivity index (χ4v) is 7.06. The van der Waals surface area contributed by atoms with E-state index in [1.807, 2.05) is 20.0 Å². The number of benzene rings is 5. The monoisotopic (exact) mass is 469 g/mol. The van der Waals surface area contributed by atoms with Crippen LogP contribution in [0, 0.1) is 0 Å². The Morgan fingerprint density at radius 2 is 1.00 bits per heavy atom. The van der Waals surface area contributed by atoms with Crippen molar-refractivity contribution in [1.29, 1.82) is 0 Å². The summed E-state index contributed by atoms with van der Waals surface area (Å²) in [5.41, 5.74) is 2.29. The van der Waals surface area contributed by atoms with E-state index in [1.54, 1.807) is 0 Å². The average Bonchev–Trinajstić information content (AvgIpc) is 2.95. The molecule has 6 aromatic rings. The lowest BCUT2D eigenvalue weighted by atomic mass is 9.98. The molecule has 1 heterocycles. The smallest absolute Gasteiger partial charge is 0.0793 e. The molecule has 0 amide bonds. The summed E-state index contributed by atoms with van der Waals surface area (Å²) in [7, 11) is -0.759. The van der Waals surface area contributed by atoms with Crippen LogP contribution in [0.1, 0.15) is 13.8 Å². The highest BCUT2D eigenvalue weighted by Gasteiger charge is 2.23. The number of aromatic nitrogens is 1. The fourth-order valence-electron chi connectivity index (χ4n) is 4.60. The van der Waals surface area contributed by atoms with E-state index in [0.29, 0.717) is 0 Å². The second-order valence-electron chi connectivity index (χ2n) is 8.07. The molecule has 0 saturated heterocycles. The first-order chi connectivity index (χ1) is 17.4. The van der Waals surface area contributed by atoms with Gasteiger partial charge in [-0.2, -0.15) is 0 Å². The maximum atomic E-state index is 4.97. The van der Waals surface area contributed by atoms with Gasteiger partial charge in [0.05, 0.1) is 5.69 Å². The van der Waals surface area contributed by atoms with Crippen LogP contribution < -0.4 is 15.9 Å². The van der Waals surface area contributed by atoms with E-state index in [1.165, 1.54) is 43.0 Å². The van der Waals surface area contributed by atoms with Crippen LogP contribution in [0.4, 0.5) is 0 Å². The SMILES string of the molecule is CC.c1ccc(P(c2ccccc2)c2ccc3ccccc3c2-c2nccc3ccccc23)cc1. The molecule has 0 N–H and O–H groups in total. The highest BCUT2D eigenvalue weighted by atomic mass is 31.1. The minimum absolute atomic E-state index is 0.759. The molecular formula is C33H28NP. The van der Waals surface area contributed by atoms with Gasteiger partial charge in [-0.15, -0.1) is 0 Å². The molecule has 0 aliphatic carbocycles. The van der Waals surface area contributed by atoms with Gasteiger partial charge in [0.1, 0.15) is 0 Å². The van der Waals surface area contributed by atoms with E-state index in [0.717, 1.165) is 5.69 Å². The lowest BCUT2D eigenvalue weighted by Gasteiger charge is -2.24. The van der Waals surface area contributed by atoms with E-state index in [-0.39, 0.29) is 0 Å². The van der Waals surface area contributed by atoms with Gasteiger partial charge in [0.2, 0.25) is 0 Å². The Kier molecular flexibility index (Phi) is 6.98. The summed E-state index contributed by atoms with van der Waals surface area (Å²) in [6, 6.07) is 45.7. The number of pyridine rings is 1. The first-order valence-corrected chi connectivity index (χ1v) is 13.5. The second-order valence-corrected chi connectivity index (χ2v) is 10.3. The predicted octanol–water partition coefficient (Wildman–Crippen LogP) is 7.84. The van der Waals surface area contributed by atoms with Gasteiger partial charge in [0.15, 0.2) is 0 Å². The van der Waals surface area contributed by atoms with Crippen molar-refractivity contribution in [3.63, 3.8) is 0 Å². The average molecular weight is 470 g/mol. The van der Waals surface area contributed by atoms with Crippen LogP contribution in [0.25, 0.3) is 32.8 Å². The van der Waals surface area contributed by atoms with Crippen LogP contribution in [0.15, 0.2) is 134 Å². The molecule has 0 saturated carbocycles. The van der Waals surface area contributed by atoms with Gasteiger partial charge >= 0.3 is 0 Å². The lowest BCUT2D eigenvalue weighted by Crippen LogP contribution is -2.22. The van der Waals surface area contributed by atoms with Crippen molar-refractivity contribution >= 4 is 45.4 Å². The largest absolute Gasteiger partial charge is 0.256 e. The summed E-state index contributed by atoms with van der Waals surface area (Å²) in [6.45, 7) is 4.00. The van der Waals surface area contributed by atoms with E-state index in [2.05, 4.69) is 127 Å². The van der Waals surface area contributed by atoms with Gasteiger partial charge < -0.3 is 0 Å². The molecule has 170 valence electrons. The third-order valence-corrected chi connectivity index (χ3v) is 8.57. The van der Waals surface area contributed by atoms with E-state index in [9.17, 15) is 0 Å². The van der Waals surface area contributed by atoms with Crippen molar-refractivity contribution in [3.05, 3.63) is 134 Å². The Morgan fingerprint density at radius 1 is 0.486 bits per heavy atom. The molecule has 0 radical (unpaired) electrons. The third-order valence-electron chi connectivity index (χ3n) is 6.09. The molecule has 0 bridgehead atoms. The Hall–Kier alpha value is -3.80. The molecule has 5 aromatic carbocycles. The van der Waals surface area contributed by atoms with Gasteiger partial charge in [0, 0.05) is 17.1 Å². The predicted molar refractivity (Wildman–Crippen MR) is 155 cm³/mol. The molecule has 1 nitrogen and oxygen atoms in total. The Labute approximate surface area is 208 Å². The number of fused-ring (bicyclic) bond motifs is 2. The van der Waals surface area contributed by atoms with Crippen LogP contribution in [0.2, 0.25) is 0 Å². The molecule has 0 unspecified atom stereocenters. The molecule has 1 aromatic heterocycles. The molecule has 0 fully saturated rings. The van der Waals surface area contributed by atoms with Crippen molar-refractivity contribution in [1.82, 2.24) is 4.98 Å². The topological polar surface area (TPSA) is 12.9 Å². The van der Waals surface area contributed by atoms with Crippen molar-refractivity contribution in [2.75, 3.05) is 0 Å². The molecule has 0 aliphatic rings.